The van der Waals surface area contributed by atoms with Crippen LogP contribution in [0.3, 0.4) is 0 Å². The average molecular weight is 464 g/mol. The molecule has 1 aliphatic heterocycles. The predicted molar refractivity (Wildman–Crippen MR) is 120 cm³/mol. The molecule has 0 bridgehead atoms. The molecular weight excluding hydrogens is 430 g/mol. The van der Waals surface area contributed by atoms with Crippen molar-refractivity contribution in [3.63, 3.8) is 0 Å². The van der Waals surface area contributed by atoms with Gasteiger partial charge in [-0.3, -0.25) is 14.9 Å². The fraction of sp³-hybridized carbons (Fsp3) is 0.619. The van der Waals surface area contributed by atoms with Gasteiger partial charge in [0.1, 0.15) is 42.7 Å². The maximum Gasteiger partial charge on any atom is 0.323 e. The lowest BCUT2D eigenvalue weighted by atomic mass is 10.0. The number of carbonyl (C=O) groups excluding carboxylic acids is 2. The minimum Gasteiger partial charge on any atom is -0.463 e. The summed E-state index contributed by atoms with van der Waals surface area (Å²) in [6.07, 6.45) is 0.769. The molecule has 12 nitrogen and oxygen atoms in total. The third-order valence-electron chi connectivity index (χ3n) is 5.96. The molecule has 1 fully saturated rings. The summed E-state index contributed by atoms with van der Waals surface area (Å²) in [4.78, 5) is 36.0. The molecule has 2 aromatic rings. The number of H-pyrrole nitrogens is 1. The van der Waals surface area contributed by atoms with Crippen LogP contribution in [0, 0.1) is 11.8 Å². The number of ether oxygens (including phenoxy) is 2. The Bertz CT molecular complexity index is 995. The number of esters is 2. The van der Waals surface area contributed by atoms with E-state index >= 15 is 0 Å². The molecule has 3 rings (SSSR count). The van der Waals surface area contributed by atoms with Crippen LogP contribution in [0.5, 0.6) is 0 Å². The lowest BCUT2D eigenvalue weighted by molar-refractivity contribution is -0.159. The van der Waals surface area contributed by atoms with Crippen LogP contribution in [0.4, 0.5) is 5.82 Å². The lowest BCUT2D eigenvalue weighted by Crippen LogP contribution is -2.47. The second kappa shape index (κ2) is 10.00. The zero-order valence-corrected chi connectivity index (χ0v) is 19.2. The first kappa shape index (κ1) is 24.8. The van der Waals surface area contributed by atoms with Gasteiger partial charge < -0.3 is 36.8 Å². The molecule has 12 heteroatoms. The van der Waals surface area contributed by atoms with Crippen molar-refractivity contribution in [2.75, 3.05) is 12.3 Å². The molecule has 33 heavy (non-hydrogen) atoms. The normalized spacial score (nSPS) is 24.9. The van der Waals surface area contributed by atoms with Crippen LogP contribution in [0.15, 0.2) is 12.5 Å². The van der Waals surface area contributed by atoms with Crippen molar-refractivity contribution in [3.05, 3.63) is 18.1 Å². The van der Waals surface area contributed by atoms with Crippen LogP contribution < -0.4 is 22.5 Å². The lowest BCUT2D eigenvalue weighted by Gasteiger charge is -2.25. The van der Waals surface area contributed by atoms with Gasteiger partial charge in [0.2, 0.25) is 0 Å². The second-order valence-corrected chi connectivity index (χ2v) is 9.04. The minimum atomic E-state index is -1.18. The van der Waals surface area contributed by atoms with E-state index in [2.05, 4.69) is 20.3 Å². The van der Waals surface area contributed by atoms with Crippen LogP contribution in [-0.2, 0) is 19.1 Å². The smallest absolute Gasteiger partial charge is 0.323 e. The summed E-state index contributed by atoms with van der Waals surface area (Å²) in [5, 5.41) is 14.3. The predicted octanol–water partition coefficient (Wildman–Crippen LogP) is -0.664. The molecule has 0 radical (unpaired) electrons. The number of aromatic amines is 1. The van der Waals surface area contributed by atoms with Crippen LogP contribution >= 0.6 is 0 Å². The highest BCUT2D eigenvalue weighted by atomic mass is 16.6. The number of nitrogens with two attached hydrogens (primary N) is 3. The zero-order chi connectivity index (χ0) is 24.4. The zero-order valence-electron chi connectivity index (χ0n) is 19.2. The van der Waals surface area contributed by atoms with E-state index in [4.69, 9.17) is 26.7 Å². The number of carbonyl (C=O) groups is 2. The van der Waals surface area contributed by atoms with Gasteiger partial charge in [-0.25, -0.2) is 9.97 Å². The number of aliphatic hydroxyl groups is 1. The highest BCUT2D eigenvalue weighted by Crippen LogP contribution is 2.34. The number of nitrogens with zero attached hydrogens (tertiary/aromatic N) is 2. The molecule has 0 saturated carbocycles. The average Bonchev–Trinajstić information content (AvgIpc) is 3.33. The SMILES string of the molecule is CC(C)C(N)C(=O)OCC1NC(c2c[nH]c3c(N)ncnc23)C(O)C1OC(=O)C(N)C(C)C. The van der Waals surface area contributed by atoms with Crippen LogP contribution in [0.25, 0.3) is 11.0 Å². The van der Waals surface area contributed by atoms with Gasteiger partial charge in [0, 0.05) is 11.8 Å². The van der Waals surface area contributed by atoms with Gasteiger partial charge in [-0.15, -0.1) is 0 Å². The molecule has 6 unspecified atom stereocenters. The van der Waals surface area contributed by atoms with Crippen molar-refractivity contribution in [2.24, 2.45) is 23.3 Å². The first-order chi connectivity index (χ1) is 15.5. The van der Waals surface area contributed by atoms with Crippen molar-refractivity contribution in [1.82, 2.24) is 20.3 Å². The number of hydrogen-bond acceptors (Lipinski definition) is 11. The molecule has 1 aliphatic rings. The molecule has 0 amide bonds. The van der Waals surface area contributed by atoms with Crippen LogP contribution in [0.2, 0.25) is 0 Å². The molecule has 2 aromatic heterocycles. The van der Waals surface area contributed by atoms with E-state index in [1.807, 2.05) is 13.8 Å². The summed E-state index contributed by atoms with van der Waals surface area (Å²) < 4.78 is 11.0. The first-order valence-corrected chi connectivity index (χ1v) is 10.9. The van der Waals surface area contributed by atoms with Gasteiger partial charge in [0.05, 0.1) is 17.6 Å². The topological polar surface area (TPSA) is 204 Å². The van der Waals surface area contributed by atoms with Gasteiger partial charge in [-0.05, 0) is 11.8 Å². The number of nitrogens with one attached hydrogen (secondary N) is 2. The van der Waals surface area contributed by atoms with Gasteiger partial charge in [-0.1, -0.05) is 27.7 Å². The first-order valence-electron chi connectivity index (χ1n) is 10.9. The second-order valence-electron chi connectivity index (χ2n) is 9.04. The third-order valence-corrected chi connectivity index (χ3v) is 5.96. The molecule has 0 aromatic carbocycles. The van der Waals surface area contributed by atoms with E-state index in [1.165, 1.54) is 6.33 Å². The van der Waals surface area contributed by atoms with Crippen molar-refractivity contribution in [3.8, 4) is 0 Å². The molecule has 9 N–H and O–H groups in total. The molecular formula is C21H33N7O5. The number of rotatable bonds is 8. The van der Waals surface area contributed by atoms with Crippen LogP contribution in [0.1, 0.15) is 39.3 Å². The Morgan fingerprint density at radius 2 is 1.76 bits per heavy atom. The molecule has 6 atom stereocenters. The van der Waals surface area contributed by atoms with Crippen molar-refractivity contribution in [2.45, 2.75) is 64.1 Å². The van der Waals surface area contributed by atoms with Gasteiger partial charge >= 0.3 is 11.9 Å². The molecule has 1 saturated heterocycles. The summed E-state index contributed by atoms with van der Waals surface area (Å²) in [7, 11) is 0. The number of fused-ring (bicyclic) bond motifs is 1. The van der Waals surface area contributed by atoms with E-state index < -0.39 is 48.3 Å². The fourth-order valence-electron chi connectivity index (χ4n) is 3.66. The monoisotopic (exact) mass is 463 g/mol. The summed E-state index contributed by atoms with van der Waals surface area (Å²) in [5.74, 6) is -1.24. The Labute approximate surface area is 191 Å². The standard InChI is InChI=1S/C21H33N7O5/c1-8(2)12(22)20(30)32-6-11-18(33-21(31)13(23)9(3)4)17(29)15(28-11)10-5-25-16-14(10)26-7-27-19(16)24/h5,7-9,11-13,15,17-18,25,28-29H,6,22-23H2,1-4H3,(H2,24,26,27). The molecule has 3 heterocycles. The Morgan fingerprint density at radius 1 is 1.12 bits per heavy atom. The maximum absolute atomic E-state index is 12.6. The van der Waals surface area contributed by atoms with Gasteiger partial charge in [0.15, 0.2) is 5.82 Å². The summed E-state index contributed by atoms with van der Waals surface area (Å²) >= 11 is 0. The Hall–Kier alpha value is -2.80. The van der Waals surface area contributed by atoms with Crippen molar-refractivity contribution in [1.29, 1.82) is 0 Å². The molecule has 0 spiro atoms. The van der Waals surface area contributed by atoms with Crippen molar-refractivity contribution >= 4 is 28.8 Å². The summed E-state index contributed by atoms with van der Waals surface area (Å²) in [6.45, 7) is 7.03. The Morgan fingerprint density at radius 3 is 2.39 bits per heavy atom. The number of hydrogen-bond donors (Lipinski definition) is 6. The third kappa shape index (κ3) is 5.08. The molecule has 0 aliphatic carbocycles. The van der Waals surface area contributed by atoms with E-state index in [1.54, 1.807) is 20.0 Å². The summed E-state index contributed by atoms with van der Waals surface area (Å²) in [5.41, 5.74) is 19.3. The van der Waals surface area contributed by atoms with Crippen molar-refractivity contribution < 1.29 is 24.2 Å². The Kier molecular flexibility index (Phi) is 7.52. The van der Waals surface area contributed by atoms with Gasteiger partial charge in [0.25, 0.3) is 0 Å². The number of anilines is 1. The number of nitrogen functional groups attached to an aromatic ring is 1. The van der Waals surface area contributed by atoms with Crippen LogP contribution in [-0.4, -0.2) is 68.9 Å². The largest absolute Gasteiger partial charge is 0.463 e. The van der Waals surface area contributed by atoms with E-state index in [0.29, 0.717) is 16.6 Å². The van der Waals surface area contributed by atoms with E-state index in [0.717, 1.165) is 0 Å². The maximum atomic E-state index is 12.6. The summed E-state index contributed by atoms with van der Waals surface area (Å²) in [6, 6.07) is -3.06. The number of aromatic nitrogens is 3. The number of aliphatic hydroxyl groups excluding tert-OH is 1. The highest BCUT2D eigenvalue weighted by molar-refractivity contribution is 5.87. The molecule has 182 valence electrons. The highest BCUT2D eigenvalue weighted by Gasteiger charge is 2.47. The fourth-order valence-corrected chi connectivity index (χ4v) is 3.66. The van der Waals surface area contributed by atoms with E-state index in [9.17, 15) is 14.7 Å². The Balaban J connectivity index is 1.85. The van der Waals surface area contributed by atoms with Gasteiger partial charge in [-0.2, -0.15) is 0 Å². The quantitative estimate of drug-likeness (QED) is 0.271. The minimum absolute atomic E-state index is 0.110. The van der Waals surface area contributed by atoms with E-state index in [-0.39, 0.29) is 24.3 Å².